The van der Waals surface area contributed by atoms with Gasteiger partial charge in [-0.2, -0.15) is 5.10 Å². The molecule has 122 valence electrons. The Bertz CT molecular complexity index is 480. The second-order valence-electron chi connectivity index (χ2n) is 6.55. The van der Waals surface area contributed by atoms with E-state index >= 15 is 0 Å². The molecular formula is C16H26N4O2. The number of aromatic nitrogens is 2. The lowest BCUT2D eigenvalue weighted by atomic mass is 10.2. The molecule has 6 nitrogen and oxygen atoms in total. The number of nitrogens with zero attached hydrogens (tertiary/aromatic N) is 4. The van der Waals surface area contributed by atoms with Gasteiger partial charge in [0.2, 0.25) is 5.91 Å². The van der Waals surface area contributed by atoms with Gasteiger partial charge < -0.3 is 9.64 Å². The molecule has 0 aliphatic carbocycles. The van der Waals surface area contributed by atoms with E-state index in [-0.39, 0.29) is 18.1 Å². The summed E-state index contributed by atoms with van der Waals surface area (Å²) in [5.74, 6) is 0.231. The molecule has 3 rings (SSSR count). The first-order valence-corrected chi connectivity index (χ1v) is 8.26. The lowest BCUT2D eigenvalue weighted by Gasteiger charge is -2.36. The lowest BCUT2D eigenvalue weighted by Crippen LogP contribution is -2.51. The molecule has 1 amide bonds. The zero-order valence-electron chi connectivity index (χ0n) is 13.5. The highest BCUT2D eigenvalue weighted by Gasteiger charge is 2.31. The van der Waals surface area contributed by atoms with E-state index < -0.39 is 0 Å². The van der Waals surface area contributed by atoms with Crippen molar-refractivity contribution in [2.75, 3.05) is 26.2 Å². The molecule has 3 atom stereocenters. The van der Waals surface area contributed by atoms with Crippen LogP contribution < -0.4 is 0 Å². The van der Waals surface area contributed by atoms with Gasteiger partial charge in [-0.1, -0.05) is 0 Å². The van der Waals surface area contributed by atoms with Crippen LogP contribution in [0.2, 0.25) is 0 Å². The number of ether oxygens (including phenoxy) is 1. The van der Waals surface area contributed by atoms with Crippen LogP contribution in [-0.2, 0) is 16.1 Å². The summed E-state index contributed by atoms with van der Waals surface area (Å²) in [6.07, 6.45) is 6.36. The highest BCUT2D eigenvalue weighted by atomic mass is 16.5. The summed E-state index contributed by atoms with van der Waals surface area (Å²) in [7, 11) is 0. The first-order chi connectivity index (χ1) is 10.6. The second kappa shape index (κ2) is 6.79. The van der Waals surface area contributed by atoms with Crippen molar-refractivity contribution < 1.29 is 9.53 Å². The summed E-state index contributed by atoms with van der Waals surface area (Å²) in [5.41, 5.74) is 0. The van der Waals surface area contributed by atoms with Gasteiger partial charge in [0, 0.05) is 31.5 Å². The summed E-state index contributed by atoms with van der Waals surface area (Å²) in [5, 5.41) is 4.28. The van der Waals surface area contributed by atoms with Gasteiger partial charge in [0.1, 0.15) is 0 Å². The van der Waals surface area contributed by atoms with Crippen molar-refractivity contribution in [1.29, 1.82) is 0 Å². The van der Waals surface area contributed by atoms with Crippen LogP contribution >= 0.6 is 0 Å². The van der Waals surface area contributed by atoms with Crippen LogP contribution in [0.3, 0.4) is 0 Å². The Morgan fingerprint density at radius 2 is 2.09 bits per heavy atom. The molecule has 0 saturated carbocycles. The molecule has 3 heterocycles. The molecule has 2 fully saturated rings. The summed E-state index contributed by atoms with van der Waals surface area (Å²) >= 11 is 0. The first kappa shape index (κ1) is 15.5. The topological polar surface area (TPSA) is 50.6 Å². The SMILES string of the molecule is C[C@@H]1CN(C(=O)CN2CCC[C@@H]2Cn2cccn2)C[C@H](C)O1. The van der Waals surface area contributed by atoms with E-state index in [1.807, 2.05) is 35.7 Å². The largest absolute Gasteiger partial charge is 0.372 e. The standard InChI is InChI=1S/C16H26N4O2/c1-13-9-19(10-14(2)22-13)16(21)12-18-7-3-5-15(18)11-20-8-4-6-17-20/h4,6,8,13-15H,3,5,7,9-12H2,1-2H3/t13-,14+,15-/m1/s1. The molecule has 0 bridgehead atoms. The van der Waals surface area contributed by atoms with E-state index in [1.54, 1.807) is 6.20 Å². The summed E-state index contributed by atoms with van der Waals surface area (Å²) < 4.78 is 7.67. The maximum Gasteiger partial charge on any atom is 0.236 e. The Kier molecular flexibility index (Phi) is 4.78. The number of carbonyl (C=O) groups excluding carboxylic acids is 1. The Labute approximate surface area is 132 Å². The monoisotopic (exact) mass is 306 g/mol. The van der Waals surface area contributed by atoms with Crippen LogP contribution in [0, 0.1) is 0 Å². The molecule has 22 heavy (non-hydrogen) atoms. The van der Waals surface area contributed by atoms with Crippen molar-refractivity contribution in [2.45, 2.75) is 51.5 Å². The van der Waals surface area contributed by atoms with E-state index in [9.17, 15) is 4.79 Å². The van der Waals surface area contributed by atoms with Crippen LogP contribution in [0.5, 0.6) is 0 Å². The average molecular weight is 306 g/mol. The van der Waals surface area contributed by atoms with Gasteiger partial charge in [0.05, 0.1) is 25.3 Å². The minimum absolute atomic E-state index is 0.131. The van der Waals surface area contributed by atoms with Gasteiger partial charge in [-0.25, -0.2) is 0 Å². The third kappa shape index (κ3) is 3.67. The zero-order valence-corrected chi connectivity index (χ0v) is 13.5. The third-order valence-corrected chi connectivity index (χ3v) is 4.57. The van der Waals surface area contributed by atoms with Crippen LogP contribution in [0.25, 0.3) is 0 Å². The third-order valence-electron chi connectivity index (χ3n) is 4.57. The Hall–Kier alpha value is -1.40. The Morgan fingerprint density at radius 1 is 1.32 bits per heavy atom. The van der Waals surface area contributed by atoms with Gasteiger partial charge in [0.15, 0.2) is 0 Å². The molecule has 0 unspecified atom stereocenters. The Morgan fingerprint density at radius 3 is 2.77 bits per heavy atom. The number of morpholine rings is 1. The minimum Gasteiger partial charge on any atom is -0.372 e. The highest BCUT2D eigenvalue weighted by molar-refractivity contribution is 5.78. The fourth-order valence-corrected chi connectivity index (χ4v) is 3.59. The molecule has 0 radical (unpaired) electrons. The van der Waals surface area contributed by atoms with Gasteiger partial charge in [-0.05, 0) is 39.3 Å². The van der Waals surface area contributed by atoms with Crippen LogP contribution in [-0.4, -0.2) is 69.9 Å². The van der Waals surface area contributed by atoms with Crippen molar-refractivity contribution in [3.05, 3.63) is 18.5 Å². The van der Waals surface area contributed by atoms with Gasteiger partial charge in [0.25, 0.3) is 0 Å². The maximum absolute atomic E-state index is 12.6. The molecular weight excluding hydrogens is 280 g/mol. The lowest BCUT2D eigenvalue weighted by molar-refractivity contribution is -0.144. The zero-order chi connectivity index (χ0) is 15.5. The maximum atomic E-state index is 12.6. The van der Waals surface area contributed by atoms with Crippen molar-refractivity contribution in [2.24, 2.45) is 0 Å². The predicted molar refractivity (Wildman–Crippen MR) is 83.4 cm³/mol. The van der Waals surface area contributed by atoms with Crippen LogP contribution in [0.1, 0.15) is 26.7 Å². The Balaban J connectivity index is 1.55. The number of amides is 1. The summed E-state index contributed by atoms with van der Waals surface area (Å²) in [4.78, 5) is 16.9. The average Bonchev–Trinajstić information content (AvgIpc) is 3.11. The summed E-state index contributed by atoms with van der Waals surface area (Å²) in [6, 6.07) is 2.36. The fraction of sp³-hybridized carbons (Fsp3) is 0.750. The smallest absolute Gasteiger partial charge is 0.236 e. The van der Waals surface area contributed by atoms with E-state index in [0.717, 1.165) is 25.9 Å². The summed E-state index contributed by atoms with van der Waals surface area (Å²) in [6.45, 7) is 7.88. The number of hydrogen-bond donors (Lipinski definition) is 0. The molecule has 1 aromatic heterocycles. The number of carbonyl (C=O) groups is 1. The molecule has 0 spiro atoms. The van der Waals surface area contributed by atoms with Crippen molar-refractivity contribution in [1.82, 2.24) is 19.6 Å². The molecule has 2 saturated heterocycles. The number of rotatable bonds is 4. The molecule has 2 aliphatic heterocycles. The molecule has 6 heteroatoms. The first-order valence-electron chi connectivity index (χ1n) is 8.26. The van der Waals surface area contributed by atoms with Gasteiger partial charge in [-0.3, -0.25) is 14.4 Å². The van der Waals surface area contributed by atoms with E-state index in [0.29, 0.717) is 25.7 Å². The van der Waals surface area contributed by atoms with E-state index in [2.05, 4.69) is 10.00 Å². The second-order valence-corrected chi connectivity index (χ2v) is 6.55. The molecule has 0 N–H and O–H groups in total. The van der Waals surface area contributed by atoms with Crippen LogP contribution in [0.15, 0.2) is 18.5 Å². The number of hydrogen-bond acceptors (Lipinski definition) is 4. The fourth-order valence-electron chi connectivity index (χ4n) is 3.59. The van der Waals surface area contributed by atoms with Crippen LogP contribution in [0.4, 0.5) is 0 Å². The molecule has 2 aliphatic rings. The minimum atomic E-state index is 0.131. The van der Waals surface area contributed by atoms with Crippen molar-refractivity contribution in [3.8, 4) is 0 Å². The molecule has 1 aromatic rings. The van der Waals surface area contributed by atoms with E-state index in [4.69, 9.17) is 4.74 Å². The quantitative estimate of drug-likeness (QED) is 0.832. The van der Waals surface area contributed by atoms with Gasteiger partial charge >= 0.3 is 0 Å². The molecule has 0 aromatic carbocycles. The normalized spacial score (nSPS) is 29.9. The van der Waals surface area contributed by atoms with Crippen molar-refractivity contribution in [3.63, 3.8) is 0 Å². The van der Waals surface area contributed by atoms with Gasteiger partial charge in [-0.15, -0.1) is 0 Å². The number of likely N-dealkylation sites (tertiary alicyclic amines) is 1. The predicted octanol–water partition coefficient (Wildman–Crippen LogP) is 0.983. The highest BCUT2D eigenvalue weighted by Crippen LogP contribution is 2.19. The van der Waals surface area contributed by atoms with E-state index in [1.165, 1.54) is 0 Å². The van der Waals surface area contributed by atoms with Crippen molar-refractivity contribution >= 4 is 5.91 Å².